The zero-order chi connectivity index (χ0) is 18.3. The number of fused-ring (bicyclic) bond motifs is 1. The van der Waals surface area contributed by atoms with E-state index in [2.05, 4.69) is 35.1 Å². The minimum Gasteiger partial charge on any atom is -0.461 e. The van der Waals surface area contributed by atoms with E-state index in [9.17, 15) is 5.11 Å². The normalized spacial score (nSPS) is 21.7. The number of aromatic nitrogens is 3. The van der Waals surface area contributed by atoms with Crippen molar-refractivity contribution in [3.8, 4) is 0 Å². The van der Waals surface area contributed by atoms with Crippen molar-refractivity contribution in [2.24, 2.45) is 0 Å². The van der Waals surface area contributed by atoms with Gasteiger partial charge < -0.3 is 9.52 Å². The first kappa shape index (κ1) is 17.2. The first-order valence-corrected chi connectivity index (χ1v) is 9.30. The summed E-state index contributed by atoms with van der Waals surface area (Å²) in [5.41, 5.74) is 1.85. The van der Waals surface area contributed by atoms with E-state index in [1.807, 2.05) is 31.3 Å². The summed E-state index contributed by atoms with van der Waals surface area (Å²) >= 11 is 0. The van der Waals surface area contributed by atoms with Gasteiger partial charge in [0.1, 0.15) is 22.6 Å². The fourth-order valence-corrected chi connectivity index (χ4v) is 3.85. The van der Waals surface area contributed by atoms with Crippen LogP contribution in [0.25, 0.3) is 11.0 Å². The molecule has 0 spiro atoms. The van der Waals surface area contributed by atoms with Gasteiger partial charge in [0.15, 0.2) is 0 Å². The summed E-state index contributed by atoms with van der Waals surface area (Å²) in [4.78, 5) is 2.29. The first-order chi connectivity index (χ1) is 12.5. The van der Waals surface area contributed by atoms with E-state index in [-0.39, 0.29) is 6.04 Å². The maximum absolute atomic E-state index is 11.2. The van der Waals surface area contributed by atoms with Crippen molar-refractivity contribution in [2.45, 2.75) is 51.8 Å². The van der Waals surface area contributed by atoms with Crippen molar-refractivity contribution in [2.75, 3.05) is 13.1 Å². The number of furan rings is 1. The number of piperidine rings is 1. The molecule has 2 aromatic heterocycles. The highest BCUT2D eigenvalue weighted by Crippen LogP contribution is 2.33. The van der Waals surface area contributed by atoms with Gasteiger partial charge in [-0.15, -0.1) is 5.10 Å². The Labute approximate surface area is 153 Å². The number of para-hydroxylation sites is 1. The van der Waals surface area contributed by atoms with Crippen molar-refractivity contribution < 1.29 is 9.52 Å². The molecule has 3 heterocycles. The van der Waals surface area contributed by atoms with Crippen LogP contribution in [0.2, 0.25) is 0 Å². The van der Waals surface area contributed by atoms with Crippen LogP contribution in [-0.2, 0) is 12.1 Å². The van der Waals surface area contributed by atoms with Crippen LogP contribution in [0.4, 0.5) is 0 Å². The molecule has 0 saturated carbocycles. The average molecular weight is 354 g/mol. The van der Waals surface area contributed by atoms with Gasteiger partial charge in [-0.25, -0.2) is 4.68 Å². The molecular weight excluding hydrogens is 328 g/mol. The van der Waals surface area contributed by atoms with Crippen molar-refractivity contribution in [3.05, 3.63) is 47.5 Å². The highest BCUT2D eigenvalue weighted by atomic mass is 16.3. The molecule has 1 unspecified atom stereocenters. The quantitative estimate of drug-likeness (QED) is 0.778. The molecule has 1 fully saturated rings. The molecule has 1 aliphatic heterocycles. The van der Waals surface area contributed by atoms with Gasteiger partial charge >= 0.3 is 0 Å². The van der Waals surface area contributed by atoms with Gasteiger partial charge in [0, 0.05) is 30.1 Å². The zero-order valence-electron chi connectivity index (χ0n) is 15.6. The third-order valence-electron chi connectivity index (χ3n) is 5.35. The second-order valence-corrected chi connectivity index (χ2v) is 7.66. The maximum Gasteiger partial charge on any atom is 0.134 e. The number of rotatable bonds is 4. The highest BCUT2D eigenvalue weighted by Gasteiger charge is 2.38. The fourth-order valence-electron chi connectivity index (χ4n) is 3.85. The SMILES string of the molecule is Cc1oc2ccccc2c1CN1CCCC(O)(c2cn(C(C)C)nn2)C1. The van der Waals surface area contributed by atoms with Crippen LogP contribution in [0.3, 0.4) is 0 Å². The molecule has 0 aliphatic carbocycles. The molecule has 0 radical (unpaired) electrons. The number of likely N-dealkylation sites (tertiary alicyclic amines) is 1. The van der Waals surface area contributed by atoms with Crippen molar-refractivity contribution >= 4 is 11.0 Å². The summed E-state index contributed by atoms with van der Waals surface area (Å²) < 4.78 is 7.70. The van der Waals surface area contributed by atoms with Gasteiger partial charge in [-0.2, -0.15) is 0 Å². The van der Waals surface area contributed by atoms with E-state index in [0.717, 1.165) is 36.2 Å². The number of aryl methyl sites for hydroxylation is 1. The molecule has 6 nitrogen and oxygen atoms in total. The topological polar surface area (TPSA) is 67.3 Å². The molecule has 0 bridgehead atoms. The summed E-state index contributed by atoms with van der Waals surface area (Å²) in [6.07, 6.45) is 3.53. The van der Waals surface area contributed by atoms with Crippen LogP contribution in [0.1, 0.15) is 49.7 Å². The molecule has 6 heteroatoms. The fraction of sp³-hybridized carbons (Fsp3) is 0.500. The lowest BCUT2D eigenvalue weighted by atomic mass is 9.89. The lowest BCUT2D eigenvalue weighted by molar-refractivity contribution is -0.0414. The predicted octanol–water partition coefficient (Wildman–Crippen LogP) is 3.40. The van der Waals surface area contributed by atoms with Crippen LogP contribution in [0.5, 0.6) is 0 Å². The Morgan fingerprint density at radius 2 is 2.12 bits per heavy atom. The maximum atomic E-state index is 11.2. The van der Waals surface area contributed by atoms with Crippen molar-refractivity contribution in [3.63, 3.8) is 0 Å². The molecule has 3 aromatic rings. The lowest BCUT2D eigenvalue weighted by Gasteiger charge is -2.38. The Hall–Kier alpha value is -2.18. The van der Waals surface area contributed by atoms with Gasteiger partial charge in [0.2, 0.25) is 0 Å². The van der Waals surface area contributed by atoms with E-state index >= 15 is 0 Å². The molecule has 0 amide bonds. The molecule has 26 heavy (non-hydrogen) atoms. The van der Waals surface area contributed by atoms with Gasteiger partial charge in [-0.05, 0) is 46.2 Å². The number of nitrogens with zero attached hydrogens (tertiary/aromatic N) is 4. The highest BCUT2D eigenvalue weighted by molar-refractivity contribution is 5.82. The monoisotopic (exact) mass is 354 g/mol. The van der Waals surface area contributed by atoms with E-state index in [0.29, 0.717) is 18.7 Å². The van der Waals surface area contributed by atoms with Crippen LogP contribution < -0.4 is 0 Å². The zero-order valence-corrected chi connectivity index (χ0v) is 15.6. The van der Waals surface area contributed by atoms with Crippen LogP contribution >= 0.6 is 0 Å². The van der Waals surface area contributed by atoms with Crippen LogP contribution in [0, 0.1) is 6.92 Å². The molecule has 1 aromatic carbocycles. The third kappa shape index (κ3) is 3.04. The Kier molecular flexibility index (Phi) is 4.32. The molecule has 138 valence electrons. The minimum atomic E-state index is -0.946. The summed E-state index contributed by atoms with van der Waals surface area (Å²) in [6.45, 7) is 8.41. The molecule has 1 aliphatic rings. The number of β-amino-alcohol motifs (C(OH)–C–C–N with tert-alkyl or cyclic N) is 1. The van der Waals surface area contributed by atoms with E-state index in [4.69, 9.17) is 4.42 Å². The second kappa shape index (κ2) is 6.52. The number of benzene rings is 1. The largest absolute Gasteiger partial charge is 0.461 e. The van der Waals surface area contributed by atoms with Gasteiger partial charge in [0.05, 0.1) is 6.20 Å². The Bertz CT molecular complexity index is 914. The number of hydrogen-bond donors (Lipinski definition) is 1. The molecule has 4 rings (SSSR count). The molecule has 1 atom stereocenters. The van der Waals surface area contributed by atoms with Crippen LogP contribution in [-0.4, -0.2) is 38.1 Å². The van der Waals surface area contributed by atoms with E-state index in [1.54, 1.807) is 4.68 Å². The molecule has 1 saturated heterocycles. The van der Waals surface area contributed by atoms with Crippen LogP contribution in [0.15, 0.2) is 34.9 Å². The van der Waals surface area contributed by atoms with Gasteiger partial charge in [-0.1, -0.05) is 23.4 Å². The second-order valence-electron chi connectivity index (χ2n) is 7.66. The third-order valence-corrected chi connectivity index (χ3v) is 5.35. The van der Waals surface area contributed by atoms with Gasteiger partial charge in [-0.3, -0.25) is 4.90 Å². The number of aliphatic hydroxyl groups is 1. The summed E-state index contributed by atoms with van der Waals surface area (Å²) in [6, 6.07) is 8.37. The Morgan fingerprint density at radius 3 is 2.88 bits per heavy atom. The standard InChI is InChI=1S/C20H26N4O2/c1-14(2)24-12-19(21-22-24)20(25)9-6-10-23(13-20)11-17-15(3)26-18-8-5-4-7-16(17)18/h4-5,7-8,12,14,25H,6,9-11,13H2,1-3H3. The van der Waals surface area contributed by atoms with Gasteiger partial charge in [0.25, 0.3) is 0 Å². The predicted molar refractivity (Wildman–Crippen MR) is 99.8 cm³/mol. The number of hydrogen-bond acceptors (Lipinski definition) is 5. The summed E-state index contributed by atoms with van der Waals surface area (Å²) in [5.74, 6) is 0.950. The lowest BCUT2D eigenvalue weighted by Crippen LogP contribution is -2.46. The minimum absolute atomic E-state index is 0.236. The molecular formula is C20H26N4O2. The molecule has 1 N–H and O–H groups in total. The smallest absolute Gasteiger partial charge is 0.134 e. The Morgan fingerprint density at radius 1 is 1.31 bits per heavy atom. The Balaban J connectivity index is 1.57. The average Bonchev–Trinajstić information content (AvgIpc) is 3.22. The first-order valence-electron chi connectivity index (χ1n) is 9.30. The van der Waals surface area contributed by atoms with Crippen molar-refractivity contribution in [1.82, 2.24) is 19.9 Å². The summed E-state index contributed by atoms with van der Waals surface area (Å²) in [5, 5.41) is 20.8. The van der Waals surface area contributed by atoms with E-state index < -0.39 is 5.60 Å². The van der Waals surface area contributed by atoms with Crippen molar-refractivity contribution in [1.29, 1.82) is 0 Å². The summed E-state index contributed by atoms with van der Waals surface area (Å²) in [7, 11) is 0. The van der Waals surface area contributed by atoms with E-state index in [1.165, 1.54) is 5.56 Å².